The summed E-state index contributed by atoms with van der Waals surface area (Å²) in [4.78, 5) is 24.6. The van der Waals surface area contributed by atoms with E-state index in [-0.39, 0.29) is 29.9 Å². The molecule has 0 spiro atoms. The summed E-state index contributed by atoms with van der Waals surface area (Å²) in [5.74, 6) is -0.642. The van der Waals surface area contributed by atoms with Gasteiger partial charge < -0.3 is 10.6 Å². The number of aryl methyl sites for hydroxylation is 1. The lowest BCUT2D eigenvalue weighted by Gasteiger charge is -2.25. The first-order valence-electron chi connectivity index (χ1n) is 8.75. The summed E-state index contributed by atoms with van der Waals surface area (Å²) in [7, 11) is 0. The summed E-state index contributed by atoms with van der Waals surface area (Å²) in [5.41, 5.74) is 3.11. The zero-order valence-corrected chi connectivity index (χ0v) is 19.4. The summed E-state index contributed by atoms with van der Waals surface area (Å²) in [5, 5.41) is 15.7. The van der Waals surface area contributed by atoms with Crippen molar-refractivity contribution in [2.24, 2.45) is 0 Å². The normalized spacial score (nSPS) is 16.2. The Morgan fingerprint density at radius 3 is 2.79 bits per heavy atom. The van der Waals surface area contributed by atoms with Gasteiger partial charge in [0.05, 0.1) is 28.1 Å². The van der Waals surface area contributed by atoms with Crippen LogP contribution in [-0.4, -0.2) is 17.6 Å². The van der Waals surface area contributed by atoms with Crippen LogP contribution in [0.15, 0.2) is 62.0 Å². The van der Waals surface area contributed by atoms with Gasteiger partial charge in [-0.15, -0.1) is 0 Å². The third-order valence-corrected chi connectivity index (χ3v) is 6.52. The van der Waals surface area contributed by atoms with Gasteiger partial charge in [-0.25, -0.2) is 0 Å². The molecule has 2 aromatic carbocycles. The topological polar surface area (TPSA) is 82.0 Å². The van der Waals surface area contributed by atoms with E-state index in [0.717, 1.165) is 31.8 Å². The first-order chi connectivity index (χ1) is 13.9. The van der Waals surface area contributed by atoms with Gasteiger partial charge >= 0.3 is 0 Å². The fraction of sp³-hybridized carbons (Fsp3) is 0.190. The van der Waals surface area contributed by atoms with E-state index in [1.807, 2.05) is 49.4 Å². The Morgan fingerprint density at radius 2 is 2.10 bits per heavy atom. The molecule has 148 valence electrons. The van der Waals surface area contributed by atoms with Gasteiger partial charge in [0.1, 0.15) is 0 Å². The molecule has 0 bridgehead atoms. The van der Waals surface area contributed by atoms with E-state index in [1.165, 1.54) is 0 Å². The van der Waals surface area contributed by atoms with Crippen LogP contribution in [0, 0.1) is 18.3 Å². The van der Waals surface area contributed by atoms with Crippen molar-refractivity contribution in [1.82, 2.24) is 5.32 Å². The summed E-state index contributed by atoms with van der Waals surface area (Å²) in [6.07, 6.45) is 0.200. The van der Waals surface area contributed by atoms with Crippen molar-refractivity contribution in [2.45, 2.75) is 19.3 Å². The molecular formula is C21H17Br2N3O2S. The third kappa shape index (κ3) is 5.50. The van der Waals surface area contributed by atoms with Crippen molar-refractivity contribution < 1.29 is 9.59 Å². The molecule has 5 nitrogen and oxygen atoms in total. The largest absolute Gasteiger partial charge is 0.324 e. The van der Waals surface area contributed by atoms with Gasteiger partial charge in [-0.2, -0.15) is 5.26 Å². The number of amides is 2. The van der Waals surface area contributed by atoms with Gasteiger partial charge in [0.15, 0.2) is 0 Å². The molecule has 0 fully saturated rings. The highest BCUT2D eigenvalue weighted by atomic mass is 79.9. The lowest BCUT2D eigenvalue weighted by Crippen LogP contribution is -2.31. The van der Waals surface area contributed by atoms with Crippen LogP contribution in [-0.2, 0) is 9.59 Å². The number of nitrogens with one attached hydrogen (secondary N) is 2. The molecule has 0 aliphatic carbocycles. The number of allylic oxidation sites excluding steroid dienone is 1. The molecule has 2 amide bonds. The molecule has 1 aliphatic rings. The Kier molecular flexibility index (Phi) is 7.17. The minimum atomic E-state index is -0.331. The van der Waals surface area contributed by atoms with E-state index < -0.39 is 0 Å². The molecule has 0 saturated heterocycles. The number of rotatable bonds is 5. The molecule has 1 aliphatic heterocycles. The van der Waals surface area contributed by atoms with Gasteiger partial charge in [0.25, 0.3) is 0 Å². The average Bonchev–Trinajstić information content (AvgIpc) is 2.68. The van der Waals surface area contributed by atoms with E-state index in [4.69, 9.17) is 0 Å². The average molecular weight is 535 g/mol. The first kappa shape index (κ1) is 21.6. The van der Waals surface area contributed by atoms with Crippen LogP contribution in [0.5, 0.6) is 0 Å². The predicted octanol–water partition coefficient (Wildman–Crippen LogP) is 5.23. The second kappa shape index (κ2) is 9.61. The summed E-state index contributed by atoms with van der Waals surface area (Å²) < 4.78 is 1.68. The van der Waals surface area contributed by atoms with Crippen LogP contribution in [0.4, 0.5) is 5.69 Å². The Bertz CT molecular complexity index is 1050. The van der Waals surface area contributed by atoms with Crippen molar-refractivity contribution in [3.8, 4) is 6.07 Å². The minimum absolute atomic E-state index is 0.0757. The number of nitrogens with zero attached hydrogens (tertiary/aromatic N) is 1. The Labute approximate surface area is 190 Å². The van der Waals surface area contributed by atoms with Gasteiger partial charge in [0, 0.05) is 21.3 Å². The van der Waals surface area contributed by atoms with E-state index >= 15 is 0 Å². The maximum absolute atomic E-state index is 12.4. The van der Waals surface area contributed by atoms with Gasteiger partial charge in [-0.1, -0.05) is 45.9 Å². The Hall–Kier alpha value is -2.08. The minimum Gasteiger partial charge on any atom is -0.324 e. The molecule has 8 heteroatoms. The number of benzene rings is 2. The highest BCUT2D eigenvalue weighted by Crippen LogP contribution is 2.36. The third-order valence-electron chi connectivity index (χ3n) is 4.35. The van der Waals surface area contributed by atoms with Crippen molar-refractivity contribution in [3.05, 3.63) is 73.1 Å². The van der Waals surface area contributed by atoms with Gasteiger partial charge in [-0.05, 0) is 58.2 Å². The maximum atomic E-state index is 12.4. The highest BCUT2D eigenvalue weighted by molar-refractivity contribution is 9.10. The summed E-state index contributed by atoms with van der Waals surface area (Å²) in [6.45, 7) is 1.97. The van der Waals surface area contributed by atoms with Crippen LogP contribution in [0.25, 0.3) is 0 Å². The highest BCUT2D eigenvalue weighted by Gasteiger charge is 2.30. The van der Waals surface area contributed by atoms with Crippen LogP contribution in [0.3, 0.4) is 0 Å². The molecule has 2 aromatic rings. The Morgan fingerprint density at radius 1 is 1.31 bits per heavy atom. The van der Waals surface area contributed by atoms with Gasteiger partial charge in [-0.3, -0.25) is 9.59 Å². The SMILES string of the molecule is Cc1ccc(NC(=O)CSC2=C(C#N)[C@H](c3cccc(Br)c3)CC(=O)N2)c(Br)c1. The summed E-state index contributed by atoms with van der Waals surface area (Å²) >= 11 is 8.03. The van der Waals surface area contributed by atoms with Crippen molar-refractivity contribution in [2.75, 3.05) is 11.1 Å². The monoisotopic (exact) mass is 533 g/mol. The quantitative estimate of drug-likeness (QED) is 0.550. The molecule has 1 heterocycles. The van der Waals surface area contributed by atoms with Gasteiger partial charge in [0.2, 0.25) is 11.8 Å². The Balaban J connectivity index is 1.76. The predicted molar refractivity (Wildman–Crippen MR) is 122 cm³/mol. The van der Waals surface area contributed by atoms with E-state index in [1.54, 1.807) is 0 Å². The molecule has 0 saturated carbocycles. The molecular weight excluding hydrogens is 518 g/mol. The molecule has 1 atom stereocenters. The van der Waals surface area contributed by atoms with Crippen LogP contribution in [0.1, 0.15) is 23.5 Å². The lowest BCUT2D eigenvalue weighted by atomic mass is 9.87. The fourth-order valence-corrected chi connectivity index (χ4v) is 4.87. The molecule has 3 rings (SSSR count). The number of hydrogen-bond acceptors (Lipinski definition) is 4. The number of carbonyl (C=O) groups is 2. The molecule has 29 heavy (non-hydrogen) atoms. The maximum Gasteiger partial charge on any atom is 0.234 e. The lowest BCUT2D eigenvalue weighted by molar-refractivity contribution is -0.121. The number of carbonyl (C=O) groups excluding carboxylic acids is 2. The standard InChI is InChI=1S/C21H17Br2N3O2S/c1-12-5-6-18(17(23)7-12)25-20(28)11-29-21-16(10-24)15(9-19(27)26-21)13-3-2-4-14(22)8-13/h2-8,15H,9,11H2,1H3,(H,25,28)(H,26,27)/t15-/m0/s1. The van der Waals surface area contributed by atoms with Crippen LogP contribution >= 0.6 is 43.6 Å². The second-order valence-corrected chi connectivity index (χ2v) is 9.29. The first-order valence-corrected chi connectivity index (χ1v) is 11.3. The van der Waals surface area contributed by atoms with E-state index in [9.17, 15) is 14.9 Å². The molecule has 0 radical (unpaired) electrons. The van der Waals surface area contributed by atoms with E-state index in [0.29, 0.717) is 16.3 Å². The molecule has 0 aromatic heterocycles. The second-order valence-electron chi connectivity index (χ2n) is 6.53. The van der Waals surface area contributed by atoms with Crippen LogP contribution in [0.2, 0.25) is 0 Å². The zero-order valence-electron chi connectivity index (χ0n) is 15.5. The van der Waals surface area contributed by atoms with E-state index in [2.05, 4.69) is 48.6 Å². The fourth-order valence-electron chi connectivity index (χ4n) is 2.99. The number of thioether (sulfide) groups is 1. The zero-order chi connectivity index (χ0) is 21.0. The number of nitriles is 1. The number of anilines is 1. The van der Waals surface area contributed by atoms with Crippen LogP contribution < -0.4 is 10.6 Å². The van der Waals surface area contributed by atoms with Crippen molar-refractivity contribution in [1.29, 1.82) is 5.26 Å². The van der Waals surface area contributed by atoms with Crippen molar-refractivity contribution >= 4 is 61.1 Å². The number of halogens is 2. The molecule has 0 unspecified atom stereocenters. The van der Waals surface area contributed by atoms with Crippen molar-refractivity contribution in [3.63, 3.8) is 0 Å². The number of hydrogen-bond donors (Lipinski definition) is 2. The summed E-state index contributed by atoms with van der Waals surface area (Å²) in [6, 6.07) is 15.5. The molecule has 2 N–H and O–H groups in total. The smallest absolute Gasteiger partial charge is 0.234 e.